The molecule has 0 aliphatic heterocycles. The van der Waals surface area contributed by atoms with Gasteiger partial charge < -0.3 is 5.11 Å². The van der Waals surface area contributed by atoms with Crippen LogP contribution >= 0.6 is 11.3 Å². The molecule has 0 bridgehead atoms. The number of aliphatic hydroxyl groups is 1. The summed E-state index contributed by atoms with van der Waals surface area (Å²) in [6, 6.07) is 7.94. The van der Waals surface area contributed by atoms with Crippen LogP contribution < -0.4 is 0 Å². The first-order chi connectivity index (χ1) is 7.40. The summed E-state index contributed by atoms with van der Waals surface area (Å²) in [6.45, 7) is 0.0781. The number of pyridine rings is 1. The van der Waals surface area contributed by atoms with E-state index in [2.05, 4.69) is 16.4 Å². The summed E-state index contributed by atoms with van der Waals surface area (Å²) in [4.78, 5) is 5.43. The molecule has 2 nitrogen and oxygen atoms in total. The predicted molar refractivity (Wildman–Crippen MR) is 63.7 cm³/mol. The van der Waals surface area contributed by atoms with E-state index in [0.717, 1.165) is 16.1 Å². The molecule has 0 atom stereocenters. The van der Waals surface area contributed by atoms with Crippen LogP contribution in [-0.2, 0) is 0 Å². The second-order valence-electron chi connectivity index (χ2n) is 3.04. The Kier molecular flexibility index (Phi) is 3.27. The molecule has 2 rings (SSSR count). The first-order valence-electron chi connectivity index (χ1n) is 4.67. The van der Waals surface area contributed by atoms with Crippen molar-refractivity contribution in [2.75, 3.05) is 6.61 Å². The lowest BCUT2D eigenvalue weighted by atomic mass is 10.2. The van der Waals surface area contributed by atoms with Crippen LogP contribution in [0.4, 0.5) is 0 Å². The third kappa shape index (κ3) is 2.52. The standard InChI is InChI=1S/C12H11NOS/c14-7-3-4-10-8-12(15-9-10)11-5-1-2-6-13-11/h1-6,8-9,14H,7H2/b4-3+. The molecule has 2 aromatic heterocycles. The fraction of sp³-hybridized carbons (Fsp3) is 0.0833. The van der Waals surface area contributed by atoms with Crippen LogP contribution in [0.2, 0.25) is 0 Å². The van der Waals surface area contributed by atoms with E-state index in [4.69, 9.17) is 5.11 Å². The van der Waals surface area contributed by atoms with Gasteiger partial charge in [0.1, 0.15) is 0 Å². The van der Waals surface area contributed by atoms with Gasteiger partial charge in [-0.25, -0.2) is 0 Å². The van der Waals surface area contributed by atoms with Crippen molar-refractivity contribution < 1.29 is 5.11 Å². The predicted octanol–water partition coefficient (Wildman–Crippen LogP) is 2.82. The second-order valence-corrected chi connectivity index (χ2v) is 3.96. The molecule has 2 heterocycles. The maximum atomic E-state index is 8.66. The molecule has 15 heavy (non-hydrogen) atoms. The minimum Gasteiger partial charge on any atom is -0.392 e. The Morgan fingerprint density at radius 3 is 3.07 bits per heavy atom. The lowest BCUT2D eigenvalue weighted by molar-refractivity contribution is 0.343. The van der Waals surface area contributed by atoms with Gasteiger partial charge in [0.25, 0.3) is 0 Å². The van der Waals surface area contributed by atoms with Crippen LogP contribution in [0.25, 0.3) is 16.6 Å². The van der Waals surface area contributed by atoms with Crippen molar-refractivity contribution in [2.24, 2.45) is 0 Å². The summed E-state index contributed by atoms with van der Waals surface area (Å²) >= 11 is 1.66. The molecular formula is C12H11NOS. The summed E-state index contributed by atoms with van der Waals surface area (Å²) in [5, 5.41) is 10.7. The zero-order valence-electron chi connectivity index (χ0n) is 8.13. The highest BCUT2D eigenvalue weighted by Crippen LogP contribution is 2.25. The van der Waals surface area contributed by atoms with Crippen LogP contribution in [-0.4, -0.2) is 16.7 Å². The van der Waals surface area contributed by atoms with Crippen molar-refractivity contribution in [3.63, 3.8) is 0 Å². The van der Waals surface area contributed by atoms with E-state index in [1.54, 1.807) is 23.6 Å². The maximum absolute atomic E-state index is 8.66. The molecule has 0 aliphatic carbocycles. The summed E-state index contributed by atoms with van der Waals surface area (Å²) in [6.07, 6.45) is 5.42. The van der Waals surface area contributed by atoms with E-state index < -0.39 is 0 Å². The van der Waals surface area contributed by atoms with Gasteiger partial charge in [-0.2, -0.15) is 0 Å². The molecule has 0 radical (unpaired) electrons. The molecule has 0 aromatic carbocycles. The van der Waals surface area contributed by atoms with Gasteiger partial charge in [0.15, 0.2) is 0 Å². The Bertz CT molecular complexity index is 448. The average Bonchev–Trinajstić information content (AvgIpc) is 2.76. The van der Waals surface area contributed by atoms with Gasteiger partial charge in [0.2, 0.25) is 0 Å². The molecule has 0 aliphatic rings. The molecular weight excluding hydrogens is 206 g/mol. The first kappa shape index (κ1) is 10.1. The average molecular weight is 217 g/mol. The molecule has 0 fully saturated rings. The molecule has 0 amide bonds. The van der Waals surface area contributed by atoms with E-state index in [0.29, 0.717) is 0 Å². The molecule has 0 saturated carbocycles. The maximum Gasteiger partial charge on any atom is 0.0801 e. The van der Waals surface area contributed by atoms with E-state index in [-0.39, 0.29) is 6.61 Å². The summed E-state index contributed by atoms with van der Waals surface area (Å²) in [5.41, 5.74) is 2.10. The fourth-order valence-corrected chi connectivity index (χ4v) is 2.13. The molecule has 0 unspecified atom stereocenters. The zero-order valence-corrected chi connectivity index (χ0v) is 8.95. The van der Waals surface area contributed by atoms with Crippen LogP contribution in [0, 0.1) is 0 Å². The lowest BCUT2D eigenvalue weighted by Gasteiger charge is -1.92. The molecule has 3 heteroatoms. The zero-order chi connectivity index (χ0) is 10.5. The SMILES string of the molecule is OC/C=C/c1csc(-c2ccccn2)c1. The van der Waals surface area contributed by atoms with Crippen molar-refractivity contribution in [1.29, 1.82) is 0 Å². The van der Waals surface area contributed by atoms with E-state index in [1.165, 1.54) is 0 Å². The number of thiophene rings is 1. The highest BCUT2D eigenvalue weighted by molar-refractivity contribution is 7.13. The Hall–Kier alpha value is -1.45. The quantitative estimate of drug-likeness (QED) is 0.857. The van der Waals surface area contributed by atoms with E-state index >= 15 is 0 Å². The van der Waals surface area contributed by atoms with Crippen LogP contribution in [0.3, 0.4) is 0 Å². The first-order valence-corrected chi connectivity index (χ1v) is 5.55. The van der Waals surface area contributed by atoms with Gasteiger partial charge in [-0.05, 0) is 29.1 Å². The van der Waals surface area contributed by atoms with Gasteiger partial charge in [0, 0.05) is 6.20 Å². The van der Waals surface area contributed by atoms with Crippen molar-refractivity contribution in [1.82, 2.24) is 4.98 Å². The second kappa shape index (κ2) is 4.87. The van der Waals surface area contributed by atoms with E-state index in [9.17, 15) is 0 Å². The largest absolute Gasteiger partial charge is 0.392 e. The number of nitrogens with zero attached hydrogens (tertiary/aromatic N) is 1. The highest BCUT2D eigenvalue weighted by Gasteiger charge is 2.00. The van der Waals surface area contributed by atoms with Gasteiger partial charge >= 0.3 is 0 Å². The summed E-state index contributed by atoms with van der Waals surface area (Å²) in [7, 11) is 0. The number of aliphatic hydroxyl groups excluding tert-OH is 1. The normalized spacial score (nSPS) is 11.0. The Morgan fingerprint density at radius 1 is 1.40 bits per heavy atom. The van der Waals surface area contributed by atoms with Crippen molar-refractivity contribution >= 4 is 17.4 Å². The summed E-state index contributed by atoms with van der Waals surface area (Å²) < 4.78 is 0. The molecule has 0 saturated heterocycles. The van der Waals surface area contributed by atoms with Crippen molar-refractivity contribution in [3.8, 4) is 10.6 Å². The van der Waals surface area contributed by atoms with Crippen LogP contribution in [0.5, 0.6) is 0 Å². The topological polar surface area (TPSA) is 33.1 Å². The summed E-state index contributed by atoms with van der Waals surface area (Å²) in [5.74, 6) is 0. The number of hydrogen-bond donors (Lipinski definition) is 1. The number of hydrogen-bond acceptors (Lipinski definition) is 3. The highest BCUT2D eigenvalue weighted by atomic mass is 32.1. The molecule has 0 spiro atoms. The molecule has 76 valence electrons. The number of rotatable bonds is 3. The Labute approximate surface area is 92.5 Å². The van der Waals surface area contributed by atoms with Gasteiger partial charge in [-0.1, -0.05) is 18.2 Å². The lowest BCUT2D eigenvalue weighted by Crippen LogP contribution is -1.76. The molecule has 2 aromatic rings. The monoisotopic (exact) mass is 217 g/mol. The third-order valence-electron chi connectivity index (χ3n) is 1.95. The fourth-order valence-electron chi connectivity index (χ4n) is 1.27. The minimum atomic E-state index is 0.0781. The van der Waals surface area contributed by atoms with Crippen molar-refractivity contribution in [2.45, 2.75) is 0 Å². The Morgan fingerprint density at radius 2 is 2.33 bits per heavy atom. The van der Waals surface area contributed by atoms with Gasteiger partial charge in [-0.15, -0.1) is 11.3 Å². The Balaban J connectivity index is 2.24. The number of aromatic nitrogens is 1. The van der Waals surface area contributed by atoms with Crippen LogP contribution in [0.1, 0.15) is 5.56 Å². The van der Waals surface area contributed by atoms with Crippen LogP contribution in [0.15, 0.2) is 41.9 Å². The van der Waals surface area contributed by atoms with E-state index in [1.807, 2.05) is 24.3 Å². The minimum absolute atomic E-state index is 0.0781. The third-order valence-corrected chi connectivity index (χ3v) is 2.92. The molecule has 1 N–H and O–H groups in total. The van der Waals surface area contributed by atoms with Crippen molar-refractivity contribution in [3.05, 3.63) is 47.5 Å². The van der Waals surface area contributed by atoms with Gasteiger partial charge in [0.05, 0.1) is 17.2 Å². The smallest absolute Gasteiger partial charge is 0.0801 e. The van der Waals surface area contributed by atoms with Gasteiger partial charge in [-0.3, -0.25) is 4.98 Å².